The summed E-state index contributed by atoms with van der Waals surface area (Å²) in [5, 5.41) is 4.20. The Kier molecular flexibility index (Phi) is 2.76. The van der Waals surface area contributed by atoms with Crippen molar-refractivity contribution in [3.63, 3.8) is 0 Å². The van der Waals surface area contributed by atoms with Gasteiger partial charge in [0.1, 0.15) is 6.61 Å². The van der Waals surface area contributed by atoms with E-state index in [1.54, 1.807) is 11.3 Å². The highest BCUT2D eigenvalue weighted by Crippen LogP contribution is 2.27. The van der Waals surface area contributed by atoms with Gasteiger partial charge in [0.05, 0.1) is 10.2 Å². The van der Waals surface area contributed by atoms with Crippen LogP contribution in [0.4, 0.5) is 0 Å². The zero-order valence-electron chi connectivity index (χ0n) is 8.98. The SMILES string of the molecule is c1ccc2sc(OC[C@H]3CCCN3)nc2c1. The Balaban J connectivity index is 1.69. The summed E-state index contributed by atoms with van der Waals surface area (Å²) in [7, 11) is 0. The predicted octanol–water partition coefficient (Wildman–Crippen LogP) is 2.43. The van der Waals surface area contributed by atoms with Gasteiger partial charge in [0.25, 0.3) is 5.19 Å². The number of para-hydroxylation sites is 1. The summed E-state index contributed by atoms with van der Waals surface area (Å²) in [6.45, 7) is 1.85. The van der Waals surface area contributed by atoms with Crippen molar-refractivity contribution < 1.29 is 4.74 Å². The fraction of sp³-hybridized carbons (Fsp3) is 0.417. The van der Waals surface area contributed by atoms with E-state index in [-0.39, 0.29) is 0 Å². The summed E-state index contributed by atoms with van der Waals surface area (Å²) >= 11 is 1.62. The normalized spacial score (nSPS) is 20.4. The molecule has 1 aliphatic rings. The van der Waals surface area contributed by atoms with E-state index in [0.717, 1.165) is 23.9 Å². The number of hydrogen-bond donors (Lipinski definition) is 1. The van der Waals surface area contributed by atoms with E-state index in [2.05, 4.69) is 16.4 Å². The first-order chi connectivity index (χ1) is 7.92. The number of thiazole rings is 1. The maximum atomic E-state index is 5.72. The number of benzene rings is 1. The fourth-order valence-corrected chi connectivity index (χ4v) is 2.81. The van der Waals surface area contributed by atoms with Crippen LogP contribution >= 0.6 is 11.3 Å². The van der Waals surface area contributed by atoms with Crippen molar-refractivity contribution in [3.05, 3.63) is 24.3 Å². The van der Waals surface area contributed by atoms with Crippen molar-refractivity contribution in [1.29, 1.82) is 0 Å². The molecule has 1 N–H and O–H groups in total. The Bertz CT molecular complexity index is 444. The number of rotatable bonds is 3. The van der Waals surface area contributed by atoms with Crippen molar-refractivity contribution in [3.8, 4) is 5.19 Å². The van der Waals surface area contributed by atoms with Gasteiger partial charge in [-0.05, 0) is 31.5 Å². The molecule has 0 unspecified atom stereocenters. The maximum absolute atomic E-state index is 5.72. The zero-order valence-corrected chi connectivity index (χ0v) is 9.80. The third kappa shape index (κ3) is 2.03. The Labute approximate surface area is 98.5 Å². The molecule has 3 rings (SSSR count). The van der Waals surface area contributed by atoms with Gasteiger partial charge in [0.15, 0.2) is 0 Å². The molecular formula is C12H14N2OS. The zero-order chi connectivity index (χ0) is 10.8. The van der Waals surface area contributed by atoms with E-state index in [1.165, 1.54) is 17.5 Å². The van der Waals surface area contributed by atoms with Gasteiger partial charge in [-0.25, -0.2) is 4.98 Å². The monoisotopic (exact) mass is 234 g/mol. The second-order valence-electron chi connectivity index (χ2n) is 4.05. The molecule has 0 aliphatic carbocycles. The number of nitrogens with zero attached hydrogens (tertiary/aromatic N) is 1. The molecule has 1 fully saturated rings. The van der Waals surface area contributed by atoms with Gasteiger partial charge in [-0.2, -0.15) is 0 Å². The molecule has 0 spiro atoms. The largest absolute Gasteiger partial charge is 0.468 e. The van der Waals surface area contributed by atoms with Crippen LogP contribution in [0.15, 0.2) is 24.3 Å². The molecule has 1 saturated heterocycles. The van der Waals surface area contributed by atoms with Crippen LogP contribution in [0.2, 0.25) is 0 Å². The molecule has 2 aromatic rings. The van der Waals surface area contributed by atoms with Crippen LogP contribution < -0.4 is 10.1 Å². The van der Waals surface area contributed by atoms with Crippen LogP contribution in [0.3, 0.4) is 0 Å². The highest BCUT2D eigenvalue weighted by atomic mass is 32.1. The number of fused-ring (bicyclic) bond motifs is 1. The Hall–Kier alpha value is -1.13. The molecule has 2 heterocycles. The minimum absolute atomic E-state index is 0.506. The Morgan fingerprint density at radius 1 is 1.44 bits per heavy atom. The van der Waals surface area contributed by atoms with E-state index >= 15 is 0 Å². The standard InChI is InChI=1S/C12H14N2OS/c1-2-6-11-10(5-1)14-12(16-11)15-8-9-4-3-7-13-9/h1-2,5-6,9,13H,3-4,7-8H2/t9-/m1/s1. The highest BCUT2D eigenvalue weighted by Gasteiger charge is 2.15. The van der Waals surface area contributed by atoms with Crippen molar-refractivity contribution in [2.24, 2.45) is 0 Å². The van der Waals surface area contributed by atoms with Crippen LogP contribution in [0.5, 0.6) is 5.19 Å². The minimum Gasteiger partial charge on any atom is -0.468 e. The van der Waals surface area contributed by atoms with Gasteiger partial charge in [0.2, 0.25) is 0 Å². The van der Waals surface area contributed by atoms with Crippen LogP contribution in [-0.4, -0.2) is 24.2 Å². The van der Waals surface area contributed by atoms with E-state index < -0.39 is 0 Å². The third-order valence-electron chi connectivity index (χ3n) is 2.84. The molecule has 1 aromatic carbocycles. The van der Waals surface area contributed by atoms with Crippen molar-refractivity contribution in [2.45, 2.75) is 18.9 Å². The number of hydrogen-bond acceptors (Lipinski definition) is 4. The topological polar surface area (TPSA) is 34.1 Å². The Morgan fingerprint density at radius 3 is 3.19 bits per heavy atom. The first-order valence-electron chi connectivity index (χ1n) is 5.63. The molecule has 3 nitrogen and oxygen atoms in total. The second kappa shape index (κ2) is 4.39. The lowest BCUT2D eigenvalue weighted by molar-refractivity contribution is 0.276. The number of ether oxygens (including phenoxy) is 1. The number of nitrogens with one attached hydrogen (secondary N) is 1. The summed E-state index contributed by atoms with van der Waals surface area (Å²) in [5.74, 6) is 0. The van der Waals surface area contributed by atoms with E-state index in [9.17, 15) is 0 Å². The lowest BCUT2D eigenvalue weighted by atomic mass is 10.2. The van der Waals surface area contributed by atoms with E-state index in [1.807, 2.05) is 18.2 Å². The van der Waals surface area contributed by atoms with Crippen LogP contribution in [0.25, 0.3) is 10.2 Å². The fourth-order valence-electron chi connectivity index (χ4n) is 1.98. The first kappa shape index (κ1) is 10.1. The van der Waals surface area contributed by atoms with Crippen molar-refractivity contribution in [2.75, 3.05) is 13.2 Å². The van der Waals surface area contributed by atoms with Crippen molar-refractivity contribution in [1.82, 2.24) is 10.3 Å². The van der Waals surface area contributed by atoms with Crippen LogP contribution in [0.1, 0.15) is 12.8 Å². The summed E-state index contributed by atoms with van der Waals surface area (Å²) in [6, 6.07) is 8.64. The average molecular weight is 234 g/mol. The van der Waals surface area contributed by atoms with Gasteiger partial charge in [-0.1, -0.05) is 23.5 Å². The molecular weight excluding hydrogens is 220 g/mol. The van der Waals surface area contributed by atoms with Crippen LogP contribution in [-0.2, 0) is 0 Å². The van der Waals surface area contributed by atoms with E-state index in [0.29, 0.717) is 6.04 Å². The Morgan fingerprint density at radius 2 is 2.38 bits per heavy atom. The lowest BCUT2D eigenvalue weighted by Gasteiger charge is -2.09. The van der Waals surface area contributed by atoms with Gasteiger partial charge in [-0.15, -0.1) is 0 Å². The molecule has 0 bridgehead atoms. The van der Waals surface area contributed by atoms with E-state index in [4.69, 9.17) is 4.74 Å². The molecule has 0 amide bonds. The number of aromatic nitrogens is 1. The molecule has 0 radical (unpaired) electrons. The average Bonchev–Trinajstić information content (AvgIpc) is 2.95. The van der Waals surface area contributed by atoms with Gasteiger partial charge in [-0.3, -0.25) is 0 Å². The highest BCUT2D eigenvalue weighted by molar-refractivity contribution is 7.20. The summed E-state index contributed by atoms with van der Waals surface area (Å²) < 4.78 is 6.91. The molecule has 1 aliphatic heterocycles. The summed E-state index contributed by atoms with van der Waals surface area (Å²) in [6.07, 6.45) is 2.47. The van der Waals surface area contributed by atoms with Gasteiger partial charge >= 0.3 is 0 Å². The lowest BCUT2D eigenvalue weighted by Crippen LogP contribution is -2.28. The third-order valence-corrected chi connectivity index (χ3v) is 3.79. The molecule has 16 heavy (non-hydrogen) atoms. The van der Waals surface area contributed by atoms with Crippen molar-refractivity contribution >= 4 is 21.6 Å². The van der Waals surface area contributed by atoms with Gasteiger partial charge < -0.3 is 10.1 Å². The summed E-state index contributed by atoms with van der Waals surface area (Å²) in [4.78, 5) is 4.44. The molecule has 1 aromatic heterocycles. The smallest absolute Gasteiger partial charge is 0.274 e. The first-order valence-corrected chi connectivity index (χ1v) is 6.45. The summed E-state index contributed by atoms with van der Waals surface area (Å²) in [5.41, 5.74) is 1.03. The molecule has 0 saturated carbocycles. The maximum Gasteiger partial charge on any atom is 0.274 e. The minimum atomic E-state index is 0.506. The molecule has 1 atom stereocenters. The molecule has 84 valence electrons. The van der Waals surface area contributed by atoms with Crippen LogP contribution in [0, 0.1) is 0 Å². The molecule has 4 heteroatoms. The quantitative estimate of drug-likeness (QED) is 0.885. The second-order valence-corrected chi connectivity index (χ2v) is 5.04. The predicted molar refractivity (Wildman–Crippen MR) is 66.1 cm³/mol. The van der Waals surface area contributed by atoms with Gasteiger partial charge in [0, 0.05) is 6.04 Å².